The summed E-state index contributed by atoms with van der Waals surface area (Å²) in [7, 11) is 0. The van der Waals surface area contributed by atoms with Crippen LogP contribution in [-0.2, 0) is 4.74 Å². The predicted octanol–water partition coefficient (Wildman–Crippen LogP) is 3.86. The summed E-state index contributed by atoms with van der Waals surface area (Å²) < 4.78 is 41.5. The minimum Gasteiger partial charge on any atom is -0.444 e. The Morgan fingerprint density at radius 3 is 2.30 bits per heavy atom. The van der Waals surface area contributed by atoms with E-state index in [9.17, 15) is 18.0 Å². The van der Waals surface area contributed by atoms with Crippen molar-refractivity contribution in [1.29, 1.82) is 0 Å². The summed E-state index contributed by atoms with van der Waals surface area (Å²) in [4.78, 5) is 11.6. The van der Waals surface area contributed by atoms with Crippen LogP contribution in [0.25, 0.3) is 0 Å². The van der Waals surface area contributed by atoms with Crippen molar-refractivity contribution in [3.05, 3.63) is 0 Å². The summed E-state index contributed by atoms with van der Waals surface area (Å²) in [5, 5.41) is 5.68. The molecular formula is C16H29F3N2O2. The van der Waals surface area contributed by atoms with Gasteiger partial charge >= 0.3 is 12.3 Å². The number of carbonyl (C=O) groups excluding carboxylic acids is 1. The Kier molecular flexibility index (Phi) is 7.64. The quantitative estimate of drug-likeness (QED) is 0.723. The molecule has 1 amide bonds. The van der Waals surface area contributed by atoms with E-state index in [-0.39, 0.29) is 6.54 Å². The molecule has 0 unspecified atom stereocenters. The lowest BCUT2D eigenvalue weighted by Gasteiger charge is -2.30. The van der Waals surface area contributed by atoms with Crippen LogP contribution in [0.2, 0.25) is 0 Å². The van der Waals surface area contributed by atoms with Gasteiger partial charge in [-0.3, -0.25) is 0 Å². The first-order valence-corrected chi connectivity index (χ1v) is 8.29. The van der Waals surface area contributed by atoms with Gasteiger partial charge in [0, 0.05) is 13.1 Å². The zero-order chi connectivity index (χ0) is 17.5. The molecule has 1 rings (SSSR count). The molecule has 0 bridgehead atoms. The molecule has 0 radical (unpaired) electrons. The highest BCUT2D eigenvalue weighted by atomic mass is 19.4. The highest BCUT2D eigenvalue weighted by molar-refractivity contribution is 5.67. The first-order valence-electron chi connectivity index (χ1n) is 8.29. The van der Waals surface area contributed by atoms with Gasteiger partial charge in [0.05, 0.1) is 6.42 Å². The van der Waals surface area contributed by atoms with Crippen LogP contribution in [0.15, 0.2) is 0 Å². The fraction of sp³-hybridized carbons (Fsp3) is 0.938. The molecule has 0 saturated heterocycles. The Hall–Kier alpha value is -0.980. The van der Waals surface area contributed by atoms with Gasteiger partial charge in [-0.05, 0) is 58.4 Å². The number of nitrogens with one attached hydrogen (secondary N) is 2. The van der Waals surface area contributed by atoms with Crippen molar-refractivity contribution in [3.8, 4) is 0 Å². The number of halogens is 3. The largest absolute Gasteiger partial charge is 0.444 e. The topological polar surface area (TPSA) is 50.4 Å². The third-order valence-electron chi connectivity index (χ3n) is 3.84. The van der Waals surface area contributed by atoms with E-state index < -0.39 is 24.3 Å². The second-order valence-corrected chi connectivity index (χ2v) is 7.35. The minimum absolute atomic E-state index is 0.0270. The van der Waals surface area contributed by atoms with E-state index in [2.05, 4.69) is 10.6 Å². The van der Waals surface area contributed by atoms with E-state index in [1.54, 1.807) is 0 Å². The van der Waals surface area contributed by atoms with Crippen LogP contribution in [0, 0.1) is 11.8 Å². The number of amides is 1. The summed E-state index contributed by atoms with van der Waals surface area (Å²) in [6.45, 7) is 6.59. The second kappa shape index (κ2) is 8.76. The molecule has 2 atom stereocenters. The molecule has 2 N–H and O–H groups in total. The van der Waals surface area contributed by atoms with E-state index in [1.807, 2.05) is 20.8 Å². The molecule has 1 aliphatic carbocycles. The van der Waals surface area contributed by atoms with E-state index in [1.165, 1.54) is 0 Å². The maximum absolute atomic E-state index is 12.1. The van der Waals surface area contributed by atoms with Gasteiger partial charge in [0.1, 0.15) is 5.60 Å². The summed E-state index contributed by atoms with van der Waals surface area (Å²) in [6.07, 6.45) is -1.26. The van der Waals surface area contributed by atoms with Crippen molar-refractivity contribution in [1.82, 2.24) is 10.6 Å². The molecule has 1 fully saturated rings. The molecule has 0 spiro atoms. The maximum atomic E-state index is 12.1. The summed E-state index contributed by atoms with van der Waals surface area (Å²) in [5.41, 5.74) is -0.512. The first kappa shape index (κ1) is 20.1. The zero-order valence-electron chi connectivity index (χ0n) is 14.3. The van der Waals surface area contributed by atoms with Crippen LogP contribution < -0.4 is 10.6 Å². The van der Waals surface area contributed by atoms with Crippen LogP contribution in [-0.4, -0.2) is 37.5 Å². The Morgan fingerprint density at radius 1 is 1.13 bits per heavy atom. The standard InChI is InChI=1S/C16H29F3N2O2/c1-15(2,3)23-14(22)21-11-13-6-4-5-12(9-13)10-20-8-7-16(17,18)19/h12-13,20H,4-11H2,1-3H3,(H,21,22)/t12-,13+/m0/s1. The van der Waals surface area contributed by atoms with Crippen LogP contribution in [0.3, 0.4) is 0 Å². The van der Waals surface area contributed by atoms with Crippen molar-refractivity contribution in [2.24, 2.45) is 11.8 Å². The van der Waals surface area contributed by atoms with Gasteiger partial charge in [0.25, 0.3) is 0 Å². The average molecular weight is 338 g/mol. The molecule has 0 aromatic rings. The summed E-state index contributed by atoms with van der Waals surface area (Å²) >= 11 is 0. The highest BCUT2D eigenvalue weighted by Crippen LogP contribution is 2.28. The monoisotopic (exact) mass is 338 g/mol. The van der Waals surface area contributed by atoms with Crippen LogP contribution >= 0.6 is 0 Å². The van der Waals surface area contributed by atoms with E-state index in [0.29, 0.717) is 24.9 Å². The number of hydrogen-bond donors (Lipinski definition) is 2. The summed E-state index contributed by atoms with van der Waals surface area (Å²) in [6, 6.07) is 0. The van der Waals surface area contributed by atoms with Gasteiger partial charge < -0.3 is 15.4 Å². The van der Waals surface area contributed by atoms with E-state index in [4.69, 9.17) is 4.74 Å². The number of alkyl carbamates (subject to hydrolysis) is 1. The second-order valence-electron chi connectivity index (χ2n) is 7.35. The molecule has 1 aliphatic rings. The van der Waals surface area contributed by atoms with Gasteiger partial charge in [-0.1, -0.05) is 6.42 Å². The molecule has 0 heterocycles. The molecule has 0 aromatic carbocycles. The van der Waals surface area contributed by atoms with Crippen molar-refractivity contribution < 1.29 is 22.7 Å². The third-order valence-corrected chi connectivity index (χ3v) is 3.84. The van der Waals surface area contributed by atoms with Gasteiger partial charge in [-0.25, -0.2) is 4.79 Å². The Bertz CT molecular complexity index is 367. The Labute approximate surface area is 136 Å². The molecule has 136 valence electrons. The Balaban J connectivity index is 2.20. The van der Waals surface area contributed by atoms with Crippen molar-refractivity contribution in [2.45, 2.75) is 64.7 Å². The normalized spacial score (nSPS) is 22.7. The number of rotatable bonds is 6. The molecule has 4 nitrogen and oxygen atoms in total. The van der Waals surface area contributed by atoms with Gasteiger partial charge in [-0.2, -0.15) is 13.2 Å². The fourth-order valence-electron chi connectivity index (χ4n) is 2.85. The molecule has 7 heteroatoms. The Morgan fingerprint density at radius 2 is 1.74 bits per heavy atom. The van der Waals surface area contributed by atoms with Crippen molar-refractivity contribution >= 4 is 6.09 Å². The van der Waals surface area contributed by atoms with Crippen molar-refractivity contribution in [2.75, 3.05) is 19.6 Å². The fourth-order valence-corrected chi connectivity index (χ4v) is 2.85. The lowest BCUT2D eigenvalue weighted by atomic mass is 9.81. The molecule has 1 saturated carbocycles. The van der Waals surface area contributed by atoms with Crippen LogP contribution in [0.4, 0.5) is 18.0 Å². The number of alkyl halides is 3. The maximum Gasteiger partial charge on any atom is 0.407 e. The average Bonchev–Trinajstić information content (AvgIpc) is 2.39. The lowest BCUT2D eigenvalue weighted by molar-refractivity contribution is -0.133. The molecular weight excluding hydrogens is 309 g/mol. The SMILES string of the molecule is CC(C)(C)OC(=O)NC[C@@H]1CCC[C@H](CNCCC(F)(F)F)C1. The van der Waals surface area contributed by atoms with E-state index in [0.717, 1.165) is 25.7 Å². The zero-order valence-corrected chi connectivity index (χ0v) is 14.3. The number of hydrogen-bond acceptors (Lipinski definition) is 3. The number of carbonyl (C=O) groups is 1. The van der Waals surface area contributed by atoms with Gasteiger partial charge in [0.2, 0.25) is 0 Å². The number of ether oxygens (including phenoxy) is 1. The van der Waals surface area contributed by atoms with Gasteiger partial charge in [0.15, 0.2) is 0 Å². The van der Waals surface area contributed by atoms with Crippen LogP contribution in [0.1, 0.15) is 52.9 Å². The molecule has 0 aliphatic heterocycles. The molecule has 0 aromatic heterocycles. The summed E-state index contributed by atoms with van der Waals surface area (Å²) in [5.74, 6) is 0.744. The first-order chi connectivity index (χ1) is 10.6. The smallest absolute Gasteiger partial charge is 0.407 e. The molecule has 23 heavy (non-hydrogen) atoms. The van der Waals surface area contributed by atoms with Crippen molar-refractivity contribution in [3.63, 3.8) is 0 Å². The highest BCUT2D eigenvalue weighted by Gasteiger charge is 2.27. The van der Waals surface area contributed by atoms with E-state index >= 15 is 0 Å². The minimum atomic E-state index is -4.10. The lowest BCUT2D eigenvalue weighted by Crippen LogP contribution is -2.37. The predicted molar refractivity (Wildman–Crippen MR) is 83.2 cm³/mol. The van der Waals surface area contributed by atoms with Crippen LogP contribution in [0.5, 0.6) is 0 Å². The third kappa shape index (κ3) is 10.4. The van der Waals surface area contributed by atoms with Gasteiger partial charge in [-0.15, -0.1) is 0 Å².